The van der Waals surface area contributed by atoms with E-state index < -0.39 is 0 Å². The van der Waals surface area contributed by atoms with Crippen molar-refractivity contribution in [1.82, 2.24) is 4.98 Å². The summed E-state index contributed by atoms with van der Waals surface area (Å²) in [7, 11) is 0. The van der Waals surface area contributed by atoms with Crippen LogP contribution in [-0.4, -0.2) is 4.98 Å². The van der Waals surface area contributed by atoms with Crippen molar-refractivity contribution in [3.8, 4) is 11.3 Å². The minimum absolute atomic E-state index is 0.0192. The highest BCUT2D eigenvalue weighted by molar-refractivity contribution is 5.60. The smallest absolute Gasteiger partial charge is 0.0704 e. The van der Waals surface area contributed by atoms with Crippen LogP contribution in [0.1, 0.15) is 29.5 Å². The van der Waals surface area contributed by atoms with Crippen LogP contribution in [0.3, 0.4) is 0 Å². The Bertz CT molecular complexity index is 682. The number of aryl methyl sites for hydroxylation is 2. The van der Waals surface area contributed by atoms with Crippen LogP contribution in [0.25, 0.3) is 11.3 Å². The van der Waals surface area contributed by atoms with Crippen molar-refractivity contribution >= 4 is 0 Å². The average Bonchev–Trinajstić information content (AvgIpc) is 2.48. The first kappa shape index (κ1) is 6.19. The van der Waals surface area contributed by atoms with Gasteiger partial charge in [0.25, 0.3) is 0 Å². The zero-order valence-corrected chi connectivity index (χ0v) is 9.01. The van der Waals surface area contributed by atoms with Gasteiger partial charge < -0.3 is 0 Å². The fourth-order valence-corrected chi connectivity index (χ4v) is 2.18. The van der Waals surface area contributed by atoms with E-state index in [1.165, 1.54) is 30.0 Å². The van der Waals surface area contributed by atoms with Crippen molar-refractivity contribution in [1.29, 1.82) is 0 Å². The molecule has 0 saturated carbocycles. The van der Waals surface area contributed by atoms with Crippen LogP contribution < -0.4 is 0 Å². The molecule has 1 heterocycles. The number of aromatic nitrogens is 1. The molecule has 16 heavy (non-hydrogen) atoms. The van der Waals surface area contributed by atoms with Gasteiger partial charge in [0.05, 0.1) is 11.2 Å². The maximum absolute atomic E-state index is 7.98. The summed E-state index contributed by atoms with van der Waals surface area (Å²) in [6, 6.07) is 3.00. The summed E-state index contributed by atoms with van der Waals surface area (Å²) in [5.74, 6) is 0. The predicted octanol–water partition coefficient (Wildman–Crippen LogP) is 3.63. The third-order valence-corrected chi connectivity index (χ3v) is 3.05. The normalized spacial score (nSPS) is 18.0. The lowest BCUT2D eigenvalue weighted by molar-refractivity contribution is 0.682. The molecule has 0 radical (unpaired) electrons. The third-order valence-electron chi connectivity index (χ3n) is 3.05. The van der Waals surface area contributed by atoms with Crippen molar-refractivity contribution in [2.75, 3.05) is 0 Å². The molecule has 80 valence electrons. The molecule has 3 rings (SSSR count). The van der Waals surface area contributed by atoms with Crippen LogP contribution in [0.15, 0.2) is 42.5 Å². The molecule has 2 aromatic rings. The largest absolute Gasteiger partial charge is 0.256 e. The second kappa shape index (κ2) is 4.09. The van der Waals surface area contributed by atoms with Gasteiger partial charge >= 0.3 is 0 Å². The lowest BCUT2D eigenvalue weighted by Gasteiger charge is -2.15. The Balaban J connectivity index is 2.14. The quantitative estimate of drug-likeness (QED) is 0.705. The molecular formula is C15H15N. The molecule has 0 atom stereocenters. The molecule has 0 saturated heterocycles. The Kier molecular flexibility index (Phi) is 1.58. The molecule has 1 aromatic heterocycles. The number of hydrogen-bond acceptors (Lipinski definition) is 1. The molecule has 1 heteroatoms. The van der Waals surface area contributed by atoms with Gasteiger partial charge in [-0.25, -0.2) is 0 Å². The first-order valence-electron chi connectivity index (χ1n) is 7.63. The molecule has 0 unspecified atom stereocenters. The monoisotopic (exact) mass is 213 g/mol. The summed E-state index contributed by atoms with van der Waals surface area (Å²) < 4.78 is 31.0. The van der Waals surface area contributed by atoms with E-state index in [1.54, 1.807) is 0 Å². The molecule has 0 spiro atoms. The maximum atomic E-state index is 7.98. The second-order valence-electron chi connectivity index (χ2n) is 4.12. The van der Waals surface area contributed by atoms with Crippen molar-refractivity contribution in [2.45, 2.75) is 25.7 Å². The van der Waals surface area contributed by atoms with Crippen molar-refractivity contribution in [3.05, 3.63) is 53.6 Å². The Hall–Kier alpha value is -1.63. The zero-order chi connectivity index (χ0) is 14.3. The highest BCUT2D eigenvalue weighted by Gasteiger charge is 2.10. The van der Waals surface area contributed by atoms with Gasteiger partial charge in [0.2, 0.25) is 0 Å². The molecule has 1 aliphatic carbocycles. The summed E-state index contributed by atoms with van der Waals surface area (Å²) in [5.41, 5.74) is 3.64. The zero-order valence-electron chi connectivity index (χ0n) is 13.0. The molecule has 0 amide bonds. The third kappa shape index (κ3) is 1.73. The van der Waals surface area contributed by atoms with Crippen molar-refractivity contribution < 1.29 is 5.48 Å². The van der Waals surface area contributed by atoms with Gasteiger partial charge in [0.15, 0.2) is 0 Å². The Morgan fingerprint density at radius 3 is 2.88 bits per heavy atom. The van der Waals surface area contributed by atoms with E-state index >= 15 is 0 Å². The average molecular weight is 213 g/mol. The Morgan fingerprint density at radius 2 is 1.94 bits per heavy atom. The molecule has 1 aromatic carbocycles. The van der Waals surface area contributed by atoms with Gasteiger partial charge in [-0.3, -0.25) is 4.98 Å². The molecule has 1 aliphatic rings. The first-order chi connectivity index (χ1) is 9.58. The van der Waals surface area contributed by atoms with Crippen LogP contribution in [0.5, 0.6) is 0 Å². The number of benzene rings is 1. The highest BCUT2D eigenvalue weighted by Crippen LogP contribution is 2.25. The Morgan fingerprint density at radius 1 is 1.06 bits per heavy atom. The maximum Gasteiger partial charge on any atom is 0.0704 e. The SMILES string of the molecule is [2H]c1cc(-c2cc3c(cn2)CCCC3)c([2H])c([2H])c1[2H]. The summed E-state index contributed by atoms with van der Waals surface area (Å²) >= 11 is 0. The topological polar surface area (TPSA) is 12.9 Å². The number of pyridine rings is 1. The fourth-order valence-electron chi connectivity index (χ4n) is 2.18. The standard InChI is InChI=1S/C15H15N/c1-2-6-12(7-3-1)15-10-13-8-4-5-9-14(13)11-16-15/h1-3,6-7,10-11H,4-5,8-9H2/i1D,2D,3D,6D. The lowest BCUT2D eigenvalue weighted by Crippen LogP contribution is -2.03. The molecule has 0 bridgehead atoms. The summed E-state index contributed by atoms with van der Waals surface area (Å²) in [6.45, 7) is 0. The summed E-state index contributed by atoms with van der Waals surface area (Å²) in [4.78, 5) is 4.39. The number of hydrogen-bond donors (Lipinski definition) is 0. The predicted molar refractivity (Wildman–Crippen MR) is 66.3 cm³/mol. The van der Waals surface area contributed by atoms with Gasteiger partial charge in [0, 0.05) is 11.8 Å². The fraction of sp³-hybridized carbons (Fsp3) is 0.267. The number of rotatable bonds is 1. The second-order valence-corrected chi connectivity index (χ2v) is 4.12. The molecule has 1 nitrogen and oxygen atoms in total. The summed E-state index contributed by atoms with van der Waals surface area (Å²) in [6.07, 6.45) is 6.29. The lowest BCUT2D eigenvalue weighted by atomic mass is 9.92. The van der Waals surface area contributed by atoms with Crippen LogP contribution in [0.4, 0.5) is 0 Å². The molecule has 0 N–H and O–H groups in total. The van der Waals surface area contributed by atoms with E-state index in [9.17, 15) is 0 Å². The van der Waals surface area contributed by atoms with Gasteiger partial charge in [-0.15, -0.1) is 0 Å². The van der Waals surface area contributed by atoms with Gasteiger partial charge in [-0.05, 0) is 42.9 Å². The van der Waals surface area contributed by atoms with Crippen molar-refractivity contribution in [3.63, 3.8) is 0 Å². The molecule has 0 aliphatic heterocycles. The van der Waals surface area contributed by atoms with E-state index in [4.69, 9.17) is 5.48 Å². The van der Waals surface area contributed by atoms with E-state index in [0.29, 0.717) is 11.3 Å². The van der Waals surface area contributed by atoms with Crippen molar-refractivity contribution in [2.24, 2.45) is 0 Å². The van der Waals surface area contributed by atoms with Gasteiger partial charge in [0.1, 0.15) is 0 Å². The summed E-state index contributed by atoms with van der Waals surface area (Å²) in [5, 5.41) is 0. The Labute approximate surface area is 102 Å². The van der Waals surface area contributed by atoms with E-state index in [1.807, 2.05) is 12.3 Å². The van der Waals surface area contributed by atoms with Crippen LogP contribution >= 0.6 is 0 Å². The van der Waals surface area contributed by atoms with Crippen LogP contribution in [-0.2, 0) is 12.8 Å². The number of fused-ring (bicyclic) bond motifs is 1. The van der Waals surface area contributed by atoms with Gasteiger partial charge in [-0.2, -0.15) is 0 Å². The van der Waals surface area contributed by atoms with Gasteiger partial charge in [-0.1, -0.05) is 30.2 Å². The molecular weight excluding hydrogens is 194 g/mol. The first-order valence-corrected chi connectivity index (χ1v) is 5.63. The highest BCUT2D eigenvalue weighted by atomic mass is 14.7. The van der Waals surface area contributed by atoms with E-state index in [-0.39, 0.29) is 24.2 Å². The van der Waals surface area contributed by atoms with E-state index in [0.717, 1.165) is 12.8 Å². The van der Waals surface area contributed by atoms with Crippen LogP contribution in [0, 0.1) is 0 Å². The number of nitrogens with zero attached hydrogens (tertiary/aromatic N) is 1. The minimum atomic E-state index is -0.202. The molecule has 0 fully saturated rings. The van der Waals surface area contributed by atoms with E-state index in [2.05, 4.69) is 4.98 Å². The minimum Gasteiger partial charge on any atom is -0.256 e. The van der Waals surface area contributed by atoms with Crippen LogP contribution in [0.2, 0.25) is 0 Å².